The van der Waals surface area contributed by atoms with Crippen LogP contribution >= 0.6 is 0 Å². The van der Waals surface area contributed by atoms with Crippen LogP contribution in [0.5, 0.6) is 0 Å². The number of hydrogen-bond donors (Lipinski definition) is 6. The third kappa shape index (κ3) is 1.43. The van der Waals surface area contributed by atoms with Crippen molar-refractivity contribution in [2.24, 2.45) is 5.92 Å². The Labute approximate surface area is 136 Å². The van der Waals surface area contributed by atoms with E-state index in [0.29, 0.717) is 0 Å². The van der Waals surface area contributed by atoms with Crippen molar-refractivity contribution >= 4 is 11.9 Å². The molecule has 134 valence electrons. The van der Waals surface area contributed by atoms with Crippen LogP contribution in [0.4, 0.5) is 0 Å². The molecule has 10 nitrogen and oxygen atoms in total. The van der Waals surface area contributed by atoms with E-state index in [-0.39, 0.29) is 10.4 Å². The van der Waals surface area contributed by atoms with Gasteiger partial charge in [0, 0.05) is 6.42 Å². The minimum atomic E-state index is -2.69. The van der Waals surface area contributed by atoms with E-state index in [1.165, 1.54) is 6.92 Å². The number of hydrogen-bond acceptors (Lipinski definition) is 8. The standard InChI is InChI=1S/C14H19NO9/c1-4(17)15-7-5(18)2-14(23,12(20)21)24-10(7)9(19)6-8(15)11(15)13(6,22)3-16/h5-11,16,18-19,22-23H,2-3H2,1H3/p+1/t5?,6?,7?,8?,9-,10?,11?,13+,14+,15?/m1/s1. The fraction of sp³-hybridized carbons (Fsp3) is 0.857. The van der Waals surface area contributed by atoms with Gasteiger partial charge in [-0.3, -0.25) is 0 Å². The molecule has 0 radical (unpaired) electrons. The summed E-state index contributed by atoms with van der Waals surface area (Å²) >= 11 is 0. The first-order valence-electron chi connectivity index (χ1n) is 7.79. The van der Waals surface area contributed by atoms with Crippen LogP contribution in [0.3, 0.4) is 0 Å². The Balaban J connectivity index is 1.81. The Hall–Kier alpha value is -1.14. The fourth-order valence-electron chi connectivity index (χ4n) is 5.69. The molecule has 4 fully saturated rings. The smallest absolute Gasteiger partial charge is 0.364 e. The van der Waals surface area contributed by atoms with Crippen molar-refractivity contribution in [3.8, 4) is 0 Å². The normalized spacial score (nSPS) is 60.5. The molecule has 1 saturated carbocycles. The van der Waals surface area contributed by atoms with Gasteiger partial charge in [0.2, 0.25) is 0 Å². The molecule has 3 saturated heterocycles. The molecule has 1 aliphatic carbocycles. The Morgan fingerprint density at radius 1 is 1.25 bits per heavy atom. The van der Waals surface area contributed by atoms with E-state index in [1.54, 1.807) is 0 Å². The summed E-state index contributed by atoms with van der Waals surface area (Å²) in [4.78, 5) is 23.6. The molecule has 24 heavy (non-hydrogen) atoms. The first-order chi connectivity index (χ1) is 11.1. The second-order valence-corrected chi connectivity index (χ2v) is 7.39. The number of quaternary nitrogens is 1. The van der Waals surface area contributed by atoms with Gasteiger partial charge in [-0.15, -0.1) is 0 Å². The average Bonchev–Trinajstić information content (AvgIpc) is 3.14. The van der Waals surface area contributed by atoms with Gasteiger partial charge < -0.3 is 35.4 Å². The number of amides is 1. The van der Waals surface area contributed by atoms with E-state index in [4.69, 9.17) is 9.84 Å². The fourth-order valence-corrected chi connectivity index (χ4v) is 5.69. The zero-order valence-corrected chi connectivity index (χ0v) is 12.8. The molecule has 0 bridgehead atoms. The SMILES string of the molecule is CC(=O)[N+]12C3C(O)C[C@@](O)(C(=O)O)OC3[C@H](O)C3C1C2[C@]3(O)CO. The molecule has 1 amide bonds. The zero-order chi connectivity index (χ0) is 17.8. The van der Waals surface area contributed by atoms with Crippen molar-refractivity contribution in [2.45, 2.75) is 61.2 Å². The van der Waals surface area contributed by atoms with Gasteiger partial charge in [-0.2, -0.15) is 0 Å². The molecule has 0 aromatic carbocycles. The molecular weight excluding hydrogens is 326 g/mol. The summed E-state index contributed by atoms with van der Waals surface area (Å²) in [5.74, 6) is -5.67. The van der Waals surface area contributed by atoms with Crippen molar-refractivity contribution in [1.82, 2.24) is 0 Å². The molecule has 0 spiro atoms. The second-order valence-electron chi connectivity index (χ2n) is 7.39. The number of carbonyl (C=O) groups excluding carboxylic acids is 1. The van der Waals surface area contributed by atoms with Crippen LogP contribution in [0.15, 0.2) is 0 Å². The van der Waals surface area contributed by atoms with Crippen LogP contribution in [-0.2, 0) is 14.3 Å². The second kappa shape index (κ2) is 4.33. The van der Waals surface area contributed by atoms with Crippen LogP contribution in [-0.4, -0.2) is 101 Å². The van der Waals surface area contributed by atoms with Gasteiger partial charge in [-0.1, -0.05) is 0 Å². The summed E-state index contributed by atoms with van der Waals surface area (Å²) in [7, 11) is 0. The molecule has 3 heterocycles. The monoisotopic (exact) mass is 346 g/mol. The Kier molecular flexibility index (Phi) is 2.95. The van der Waals surface area contributed by atoms with Crippen molar-refractivity contribution in [2.75, 3.05) is 6.61 Å². The topological polar surface area (TPSA) is 165 Å². The highest BCUT2D eigenvalue weighted by molar-refractivity contribution is 5.76. The molecule has 6 N–H and O–H groups in total. The highest BCUT2D eigenvalue weighted by Crippen LogP contribution is 2.70. The number of aliphatic hydroxyl groups is 5. The number of carboxylic acids is 1. The van der Waals surface area contributed by atoms with Crippen LogP contribution in [0.1, 0.15) is 13.3 Å². The number of rotatable bonds is 2. The summed E-state index contributed by atoms with van der Waals surface area (Å²) in [6.07, 6.45) is -4.88. The van der Waals surface area contributed by atoms with E-state index in [1.807, 2.05) is 0 Å². The predicted octanol–water partition coefficient (Wildman–Crippen LogP) is -3.88. The number of aliphatic hydroxyl groups excluding tert-OH is 3. The highest BCUT2D eigenvalue weighted by Gasteiger charge is 2.97. The van der Waals surface area contributed by atoms with Gasteiger partial charge in [0.1, 0.15) is 12.2 Å². The van der Waals surface area contributed by atoms with Gasteiger partial charge >= 0.3 is 11.9 Å². The maximum atomic E-state index is 12.4. The number of ether oxygens (including phenoxy) is 1. The lowest BCUT2D eigenvalue weighted by molar-refractivity contribution is -0.792. The molecular formula is C14H20NO9+. The largest absolute Gasteiger partial charge is 0.477 e. The van der Waals surface area contributed by atoms with Crippen molar-refractivity contribution in [3.05, 3.63) is 0 Å². The zero-order valence-electron chi connectivity index (χ0n) is 12.8. The summed E-state index contributed by atoms with van der Waals surface area (Å²) in [6.45, 7) is 0.606. The van der Waals surface area contributed by atoms with E-state index < -0.39 is 72.7 Å². The highest BCUT2D eigenvalue weighted by atomic mass is 16.7. The minimum absolute atomic E-state index is 0.361. The first kappa shape index (κ1) is 16.3. The van der Waals surface area contributed by atoms with E-state index in [0.717, 1.165) is 0 Å². The number of fused-ring (bicyclic) bond motifs is 3. The van der Waals surface area contributed by atoms with Crippen LogP contribution in [0.25, 0.3) is 0 Å². The maximum absolute atomic E-state index is 12.4. The van der Waals surface area contributed by atoms with Gasteiger partial charge in [-0.05, 0) is 0 Å². The quantitative estimate of drug-likeness (QED) is 0.217. The lowest BCUT2D eigenvalue weighted by atomic mass is 9.65. The minimum Gasteiger partial charge on any atom is -0.477 e. The number of nitrogens with zero attached hydrogens (tertiary/aromatic N) is 1. The summed E-state index contributed by atoms with van der Waals surface area (Å²) < 4.78 is 4.85. The number of carbonyl (C=O) groups is 2. The molecule has 0 aromatic rings. The van der Waals surface area contributed by atoms with Crippen LogP contribution in [0.2, 0.25) is 0 Å². The molecule has 3 aliphatic heterocycles. The maximum Gasteiger partial charge on any atom is 0.364 e. The van der Waals surface area contributed by atoms with E-state index >= 15 is 0 Å². The van der Waals surface area contributed by atoms with Gasteiger partial charge in [0.05, 0.1) is 25.6 Å². The molecule has 10 heteroatoms. The average molecular weight is 346 g/mol. The molecule has 7 unspecified atom stereocenters. The van der Waals surface area contributed by atoms with Crippen molar-refractivity contribution < 1.29 is 49.4 Å². The third-order valence-electron chi connectivity index (χ3n) is 6.52. The van der Waals surface area contributed by atoms with Gasteiger partial charge in [0.25, 0.3) is 5.79 Å². The molecule has 0 aromatic heterocycles. The van der Waals surface area contributed by atoms with Crippen LogP contribution < -0.4 is 0 Å². The van der Waals surface area contributed by atoms with Crippen molar-refractivity contribution in [3.63, 3.8) is 0 Å². The van der Waals surface area contributed by atoms with Gasteiger partial charge in [-0.25, -0.2) is 14.1 Å². The molecule has 4 rings (SSSR count). The summed E-state index contributed by atoms with van der Waals surface area (Å²) in [5.41, 5.74) is -1.71. The Morgan fingerprint density at radius 3 is 2.38 bits per heavy atom. The molecule has 10 atom stereocenters. The third-order valence-corrected chi connectivity index (χ3v) is 6.52. The van der Waals surface area contributed by atoms with Crippen LogP contribution in [0, 0.1) is 5.92 Å². The Morgan fingerprint density at radius 2 is 1.88 bits per heavy atom. The summed E-state index contributed by atoms with van der Waals surface area (Å²) in [5, 5.41) is 60.5. The number of piperidine rings is 1. The van der Waals surface area contributed by atoms with Crippen molar-refractivity contribution in [1.29, 1.82) is 0 Å². The summed E-state index contributed by atoms with van der Waals surface area (Å²) in [6, 6.07) is -2.14. The first-order valence-corrected chi connectivity index (χ1v) is 7.79. The van der Waals surface area contributed by atoms with E-state index in [2.05, 4.69) is 0 Å². The predicted molar refractivity (Wildman–Crippen MR) is 71.9 cm³/mol. The Bertz CT molecular complexity index is 642. The lowest BCUT2D eigenvalue weighted by Crippen LogP contribution is -2.72. The number of aliphatic carboxylic acids is 1. The van der Waals surface area contributed by atoms with E-state index in [9.17, 15) is 35.1 Å². The molecule has 4 aliphatic rings. The van der Waals surface area contributed by atoms with Gasteiger partial charge in [0.15, 0.2) is 23.7 Å². The lowest BCUT2D eigenvalue weighted by Gasteiger charge is -2.49. The number of carboxylic acid groups (broad SMARTS) is 1.